The Hall–Kier alpha value is -3.53. The number of benzene rings is 2. The first-order valence-electron chi connectivity index (χ1n) is 14.2. The molecule has 0 atom stereocenters. The summed E-state index contributed by atoms with van der Waals surface area (Å²) >= 11 is 6.50. The van der Waals surface area contributed by atoms with Gasteiger partial charge in [-0.05, 0) is 87.8 Å². The minimum absolute atomic E-state index is 0. The number of carbonyl (C=O) groups excluding carboxylic acids is 1. The Morgan fingerprint density at radius 3 is 2.47 bits per heavy atom. The Morgan fingerprint density at radius 2 is 1.77 bits per heavy atom. The molecule has 11 heteroatoms. The molecule has 0 saturated heterocycles. The van der Waals surface area contributed by atoms with Crippen LogP contribution in [0.2, 0.25) is 5.02 Å². The van der Waals surface area contributed by atoms with Gasteiger partial charge in [0.15, 0.2) is 11.5 Å². The molecule has 2 N–H and O–H groups in total. The lowest BCUT2D eigenvalue weighted by atomic mass is 9.81. The van der Waals surface area contributed by atoms with Gasteiger partial charge in [0.25, 0.3) is 5.91 Å². The van der Waals surface area contributed by atoms with E-state index in [2.05, 4.69) is 10.2 Å². The number of nitrogens with zero attached hydrogens (tertiary/aromatic N) is 2. The Balaban J connectivity index is 0.00000423. The quantitative estimate of drug-likeness (QED) is 0.249. The minimum atomic E-state index is -1.29. The first kappa shape index (κ1) is 32.4. The van der Waals surface area contributed by atoms with Gasteiger partial charge in [-0.1, -0.05) is 36.9 Å². The third-order valence-corrected chi connectivity index (χ3v) is 8.13. The fourth-order valence-corrected chi connectivity index (χ4v) is 5.68. The van der Waals surface area contributed by atoms with E-state index >= 15 is 0 Å². The molecule has 1 aliphatic heterocycles. The monoisotopic (exact) mass is 629 g/mol. The highest BCUT2D eigenvalue weighted by Gasteiger charge is 2.41. The molecule has 2 aliphatic rings. The molecule has 1 fully saturated rings. The molecule has 1 saturated carbocycles. The summed E-state index contributed by atoms with van der Waals surface area (Å²) in [5, 5.41) is 13.3. The molecule has 2 heterocycles. The Bertz CT molecular complexity index is 1490. The number of rotatable bonds is 10. The topological polar surface area (TPSA) is 110 Å². The summed E-state index contributed by atoms with van der Waals surface area (Å²) in [7, 11) is 4.02. The number of halogens is 2. The van der Waals surface area contributed by atoms with E-state index in [1.54, 1.807) is 12.1 Å². The van der Waals surface area contributed by atoms with Crippen molar-refractivity contribution in [2.75, 3.05) is 34.0 Å². The molecule has 0 spiro atoms. The normalized spacial score (nSPS) is 15.1. The summed E-state index contributed by atoms with van der Waals surface area (Å²) in [6.07, 6.45) is 4.05. The number of aliphatic carboxylic acids is 1. The van der Waals surface area contributed by atoms with Crippen molar-refractivity contribution in [2.24, 2.45) is 0 Å². The number of hydrogen-bond donors (Lipinski definition) is 2. The molecule has 0 radical (unpaired) electrons. The molecule has 230 valence electrons. The van der Waals surface area contributed by atoms with E-state index in [0.717, 1.165) is 48.9 Å². The lowest BCUT2D eigenvalue weighted by Gasteiger charge is -2.33. The van der Waals surface area contributed by atoms with Crippen LogP contribution in [0.5, 0.6) is 17.2 Å². The lowest BCUT2D eigenvalue weighted by molar-refractivity contribution is -0.145. The molecular weight excluding hydrogens is 593 g/mol. The van der Waals surface area contributed by atoms with Gasteiger partial charge in [-0.2, -0.15) is 0 Å². The number of carboxylic acid groups (broad SMARTS) is 1. The van der Waals surface area contributed by atoms with Crippen LogP contribution in [0.4, 0.5) is 0 Å². The van der Waals surface area contributed by atoms with E-state index in [0.29, 0.717) is 53.0 Å². The summed E-state index contributed by atoms with van der Waals surface area (Å²) in [4.78, 5) is 32.6. The second-order valence-corrected chi connectivity index (χ2v) is 11.6. The van der Waals surface area contributed by atoms with Crippen LogP contribution in [0.15, 0.2) is 42.5 Å². The molecule has 1 aliphatic carbocycles. The maximum absolute atomic E-state index is 13.5. The molecule has 1 amide bonds. The van der Waals surface area contributed by atoms with Crippen LogP contribution in [0.25, 0.3) is 22.4 Å². The molecule has 0 unspecified atom stereocenters. The molecule has 1 aromatic heterocycles. The molecule has 5 rings (SSSR count). The maximum Gasteiger partial charge on any atom is 0.329 e. The van der Waals surface area contributed by atoms with Crippen LogP contribution >= 0.6 is 24.0 Å². The van der Waals surface area contributed by atoms with Crippen molar-refractivity contribution in [3.05, 3.63) is 58.7 Å². The van der Waals surface area contributed by atoms with Gasteiger partial charge in [-0.15, -0.1) is 12.4 Å². The summed E-state index contributed by atoms with van der Waals surface area (Å²) < 4.78 is 17.2. The fourth-order valence-electron chi connectivity index (χ4n) is 5.51. The van der Waals surface area contributed by atoms with Crippen molar-refractivity contribution < 1.29 is 28.9 Å². The first-order chi connectivity index (χ1) is 20.2. The van der Waals surface area contributed by atoms with E-state index in [1.807, 2.05) is 51.4 Å². The molecule has 9 nitrogen and oxygen atoms in total. The van der Waals surface area contributed by atoms with Crippen molar-refractivity contribution >= 4 is 35.9 Å². The number of aryl methyl sites for hydroxylation is 1. The van der Waals surface area contributed by atoms with E-state index < -0.39 is 17.4 Å². The van der Waals surface area contributed by atoms with Crippen molar-refractivity contribution in [2.45, 2.75) is 51.0 Å². The highest BCUT2D eigenvalue weighted by molar-refractivity contribution is 6.32. The number of ether oxygens (including phenoxy) is 3. The number of carbonyl (C=O) groups is 2. The predicted molar refractivity (Wildman–Crippen MR) is 168 cm³/mol. The van der Waals surface area contributed by atoms with Crippen LogP contribution in [0.3, 0.4) is 0 Å². The summed E-state index contributed by atoms with van der Waals surface area (Å²) in [6.45, 7) is 3.49. The van der Waals surface area contributed by atoms with E-state index in [-0.39, 0.29) is 24.9 Å². The van der Waals surface area contributed by atoms with Crippen LogP contribution in [-0.2, 0) is 4.79 Å². The fraction of sp³-hybridized carbons (Fsp3) is 0.406. The number of fused-ring (bicyclic) bond motifs is 1. The van der Waals surface area contributed by atoms with E-state index in [4.69, 9.17) is 30.8 Å². The SMILES string of the molecule is Cc1cc2c(cc1-c1ccc(C(=O)NC3(C(=O)O)CCCCC3)nc1-c1ccc(Cl)c(OCCCN(C)C)c1)OCO2.Cl. The minimum Gasteiger partial charge on any atom is -0.492 e. The second-order valence-electron chi connectivity index (χ2n) is 11.2. The number of pyridine rings is 1. The highest BCUT2D eigenvalue weighted by Crippen LogP contribution is 2.42. The largest absolute Gasteiger partial charge is 0.492 e. The molecular formula is C32H37Cl2N3O6. The number of nitrogens with one attached hydrogen (secondary N) is 1. The van der Waals surface area contributed by atoms with Crippen molar-refractivity contribution in [1.82, 2.24) is 15.2 Å². The summed E-state index contributed by atoms with van der Waals surface area (Å²) in [5.74, 6) is 0.281. The number of aromatic nitrogens is 1. The van der Waals surface area contributed by atoms with Crippen molar-refractivity contribution in [1.29, 1.82) is 0 Å². The maximum atomic E-state index is 13.5. The zero-order valence-electron chi connectivity index (χ0n) is 24.6. The summed E-state index contributed by atoms with van der Waals surface area (Å²) in [6, 6.07) is 12.7. The van der Waals surface area contributed by atoms with Gasteiger partial charge in [0.05, 0.1) is 17.3 Å². The summed E-state index contributed by atoms with van der Waals surface area (Å²) in [5.41, 5.74) is 2.65. The van der Waals surface area contributed by atoms with Crippen LogP contribution in [0, 0.1) is 6.92 Å². The van der Waals surface area contributed by atoms with Crippen LogP contribution in [0.1, 0.15) is 54.6 Å². The van der Waals surface area contributed by atoms with Gasteiger partial charge in [0, 0.05) is 17.7 Å². The molecule has 3 aromatic rings. The Morgan fingerprint density at radius 1 is 1.05 bits per heavy atom. The third-order valence-electron chi connectivity index (χ3n) is 7.82. The van der Waals surface area contributed by atoms with Crippen molar-refractivity contribution in [3.63, 3.8) is 0 Å². The Labute approximate surface area is 262 Å². The smallest absolute Gasteiger partial charge is 0.329 e. The number of hydrogen-bond acceptors (Lipinski definition) is 7. The zero-order valence-corrected chi connectivity index (χ0v) is 26.1. The van der Waals surface area contributed by atoms with Gasteiger partial charge < -0.3 is 29.5 Å². The van der Waals surface area contributed by atoms with Gasteiger partial charge in [0.1, 0.15) is 17.0 Å². The van der Waals surface area contributed by atoms with E-state index in [9.17, 15) is 14.7 Å². The van der Waals surface area contributed by atoms with Crippen molar-refractivity contribution in [3.8, 4) is 39.6 Å². The third kappa shape index (κ3) is 7.17. The van der Waals surface area contributed by atoms with Gasteiger partial charge in [-0.25, -0.2) is 9.78 Å². The first-order valence-corrected chi connectivity index (χ1v) is 14.6. The standard InChI is InChI=1S/C32H36ClN3O6.ClH/c1-20-16-27-28(42-19-41-27)18-23(20)22-9-11-25(30(37)35-32(31(38)39)12-5-4-6-13-32)34-29(22)21-8-10-24(33)26(17-21)40-15-7-14-36(2)3;/h8-11,16-18H,4-7,12-15,19H2,1-3H3,(H,35,37)(H,38,39);1H. The van der Waals surface area contributed by atoms with E-state index in [1.165, 1.54) is 0 Å². The molecule has 43 heavy (non-hydrogen) atoms. The van der Waals surface area contributed by atoms with Gasteiger partial charge in [0.2, 0.25) is 6.79 Å². The van der Waals surface area contributed by atoms with Crippen LogP contribution < -0.4 is 19.5 Å². The second kappa shape index (κ2) is 13.8. The average Bonchev–Trinajstić information content (AvgIpc) is 3.43. The van der Waals surface area contributed by atoms with Gasteiger partial charge in [-0.3, -0.25) is 4.79 Å². The van der Waals surface area contributed by atoms with Crippen LogP contribution in [-0.4, -0.2) is 66.4 Å². The zero-order chi connectivity index (χ0) is 29.9. The Kier molecular flexibility index (Phi) is 10.4. The van der Waals surface area contributed by atoms with Gasteiger partial charge >= 0.3 is 5.97 Å². The average molecular weight is 631 g/mol. The number of carboxylic acids is 1. The molecule has 0 bridgehead atoms. The number of amides is 1. The highest BCUT2D eigenvalue weighted by atomic mass is 35.5. The predicted octanol–water partition coefficient (Wildman–Crippen LogP) is 6.38. The molecule has 2 aromatic carbocycles. The lowest BCUT2D eigenvalue weighted by Crippen LogP contribution is -2.55.